The molecule has 0 fully saturated rings. The van der Waals surface area contributed by atoms with E-state index in [-0.39, 0.29) is 24.5 Å². The van der Waals surface area contributed by atoms with Crippen molar-refractivity contribution < 1.29 is 9.90 Å². The van der Waals surface area contributed by atoms with Gasteiger partial charge in [0.05, 0.1) is 35.0 Å². The number of aromatic nitrogens is 2. The van der Waals surface area contributed by atoms with Gasteiger partial charge in [0.1, 0.15) is 0 Å². The summed E-state index contributed by atoms with van der Waals surface area (Å²) in [5, 5.41) is 14.1. The Morgan fingerprint density at radius 1 is 1.07 bits per heavy atom. The molecule has 218 valence electrons. The first kappa shape index (κ1) is 29.9. The number of nitrogens with zero attached hydrogens (tertiary/aromatic N) is 3. The van der Waals surface area contributed by atoms with Gasteiger partial charge in [-0.1, -0.05) is 73.1 Å². The molecule has 0 saturated heterocycles. The summed E-state index contributed by atoms with van der Waals surface area (Å²) in [7, 11) is 0. The molecule has 0 saturated carbocycles. The largest absolute Gasteiger partial charge is 0.392 e. The van der Waals surface area contributed by atoms with Crippen LogP contribution in [0, 0.1) is 6.92 Å². The second-order valence-electron chi connectivity index (χ2n) is 11.1. The minimum Gasteiger partial charge on any atom is -0.392 e. The molecule has 6 nitrogen and oxygen atoms in total. The number of aliphatic hydroxyl groups excluding tert-OH is 1. The average molecular weight is 583 g/mol. The van der Waals surface area contributed by atoms with E-state index in [1.54, 1.807) is 6.20 Å². The van der Waals surface area contributed by atoms with E-state index in [2.05, 4.69) is 33.4 Å². The summed E-state index contributed by atoms with van der Waals surface area (Å²) in [5.74, 6) is -0.174. The molecule has 1 aliphatic rings. The Morgan fingerprint density at radius 3 is 2.67 bits per heavy atom. The fourth-order valence-corrected chi connectivity index (χ4v) is 6.24. The molecular weight excluding hydrogens is 544 g/mol. The number of aliphatic hydroxyl groups is 1. The van der Waals surface area contributed by atoms with Gasteiger partial charge in [0.25, 0.3) is 0 Å². The number of amides is 1. The molecule has 1 aliphatic carbocycles. The lowest BCUT2D eigenvalue weighted by molar-refractivity contribution is -0.122. The molecule has 0 unspecified atom stereocenters. The SMILES string of the molecule is CC[C@H](C(=O)NCc1ccc(CN(Cc2ncc(Cl)cc2C)[C@H]2CCCc3cccnc32)c(CO)c1)c1ccccc1. The first-order valence-electron chi connectivity index (χ1n) is 14.8. The predicted molar refractivity (Wildman–Crippen MR) is 167 cm³/mol. The predicted octanol–water partition coefficient (Wildman–Crippen LogP) is 6.82. The van der Waals surface area contributed by atoms with Crippen molar-refractivity contribution in [2.75, 3.05) is 0 Å². The molecule has 2 heterocycles. The number of rotatable bonds is 11. The monoisotopic (exact) mass is 582 g/mol. The number of hydrogen-bond donors (Lipinski definition) is 2. The van der Waals surface area contributed by atoms with Crippen LogP contribution in [0.2, 0.25) is 5.02 Å². The smallest absolute Gasteiger partial charge is 0.227 e. The molecule has 0 spiro atoms. The van der Waals surface area contributed by atoms with Gasteiger partial charge in [-0.2, -0.15) is 0 Å². The Hall–Kier alpha value is -3.58. The minimum absolute atomic E-state index is 0.0128. The Balaban J connectivity index is 1.37. The topological polar surface area (TPSA) is 78.4 Å². The quantitative estimate of drug-likeness (QED) is 0.203. The fourth-order valence-electron chi connectivity index (χ4n) is 6.02. The second kappa shape index (κ2) is 14.1. The minimum atomic E-state index is -0.187. The average Bonchev–Trinajstić information content (AvgIpc) is 3.02. The fraction of sp³-hybridized carbons (Fsp3) is 0.343. The Kier molecular flexibility index (Phi) is 10.0. The number of fused-ring (bicyclic) bond motifs is 1. The number of carbonyl (C=O) groups is 1. The maximum absolute atomic E-state index is 13.0. The number of carbonyl (C=O) groups excluding carboxylic acids is 1. The summed E-state index contributed by atoms with van der Waals surface area (Å²) in [5.41, 5.74) is 8.37. The van der Waals surface area contributed by atoms with E-state index in [0.717, 1.165) is 64.9 Å². The zero-order valence-electron chi connectivity index (χ0n) is 24.4. The zero-order chi connectivity index (χ0) is 29.5. The van der Waals surface area contributed by atoms with Crippen LogP contribution in [0.3, 0.4) is 0 Å². The van der Waals surface area contributed by atoms with Crippen molar-refractivity contribution in [2.45, 2.75) is 77.7 Å². The Labute approximate surface area is 253 Å². The van der Waals surface area contributed by atoms with Gasteiger partial charge in [0.2, 0.25) is 5.91 Å². The molecule has 7 heteroatoms. The molecule has 2 aromatic carbocycles. The van der Waals surface area contributed by atoms with Gasteiger partial charge in [-0.15, -0.1) is 0 Å². The van der Waals surface area contributed by atoms with Crippen LogP contribution in [0.15, 0.2) is 79.1 Å². The van der Waals surface area contributed by atoms with Gasteiger partial charge >= 0.3 is 0 Å². The first-order chi connectivity index (χ1) is 20.5. The molecule has 4 aromatic rings. The maximum Gasteiger partial charge on any atom is 0.227 e. The summed E-state index contributed by atoms with van der Waals surface area (Å²) in [6, 6.07) is 22.3. The van der Waals surface area contributed by atoms with E-state index in [1.807, 2.05) is 68.6 Å². The highest BCUT2D eigenvalue weighted by atomic mass is 35.5. The maximum atomic E-state index is 13.0. The lowest BCUT2D eigenvalue weighted by atomic mass is 9.90. The van der Waals surface area contributed by atoms with E-state index in [1.165, 1.54) is 5.56 Å². The van der Waals surface area contributed by atoms with Crippen molar-refractivity contribution in [3.63, 3.8) is 0 Å². The molecule has 42 heavy (non-hydrogen) atoms. The molecule has 0 bridgehead atoms. The molecule has 1 amide bonds. The summed E-state index contributed by atoms with van der Waals surface area (Å²) < 4.78 is 0. The van der Waals surface area contributed by atoms with Crippen LogP contribution in [0.5, 0.6) is 0 Å². The van der Waals surface area contributed by atoms with Crippen molar-refractivity contribution in [3.8, 4) is 0 Å². The summed E-state index contributed by atoms with van der Waals surface area (Å²) >= 11 is 6.22. The Bertz CT molecular complexity index is 1510. The van der Waals surface area contributed by atoms with Crippen LogP contribution in [0.25, 0.3) is 0 Å². The highest BCUT2D eigenvalue weighted by Gasteiger charge is 2.28. The third-order valence-electron chi connectivity index (χ3n) is 8.32. The highest BCUT2D eigenvalue weighted by Crippen LogP contribution is 2.35. The van der Waals surface area contributed by atoms with Gasteiger partial charge in [-0.05, 0) is 78.1 Å². The van der Waals surface area contributed by atoms with E-state index in [4.69, 9.17) is 16.6 Å². The molecule has 5 rings (SSSR count). The van der Waals surface area contributed by atoms with Crippen LogP contribution in [-0.4, -0.2) is 25.9 Å². The van der Waals surface area contributed by atoms with E-state index < -0.39 is 0 Å². The third kappa shape index (κ3) is 7.06. The Morgan fingerprint density at radius 2 is 1.90 bits per heavy atom. The van der Waals surface area contributed by atoms with Crippen LogP contribution in [0.1, 0.15) is 82.9 Å². The van der Waals surface area contributed by atoms with Gasteiger partial charge < -0.3 is 10.4 Å². The van der Waals surface area contributed by atoms with Crippen molar-refractivity contribution in [1.29, 1.82) is 0 Å². The number of aryl methyl sites for hydroxylation is 2. The number of benzene rings is 2. The van der Waals surface area contributed by atoms with Crippen LogP contribution in [-0.2, 0) is 37.5 Å². The zero-order valence-corrected chi connectivity index (χ0v) is 25.1. The molecule has 2 aromatic heterocycles. The van der Waals surface area contributed by atoms with Gasteiger partial charge in [0.15, 0.2) is 0 Å². The lowest BCUT2D eigenvalue weighted by Crippen LogP contribution is -2.32. The molecule has 0 aliphatic heterocycles. The van der Waals surface area contributed by atoms with Gasteiger partial charge in [-0.25, -0.2) is 0 Å². The van der Waals surface area contributed by atoms with E-state index in [0.29, 0.717) is 24.7 Å². The number of pyridine rings is 2. The van der Waals surface area contributed by atoms with E-state index in [9.17, 15) is 9.90 Å². The second-order valence-corrected chi connectivity index (χ2v) is 11.6. The van der Waals surface area contributed by atoms with Gasteiger partial charge in [0, 0.05) is 32.0 Å². The molecule has 2 atom stereocenters. The number of halogens is 1. The van der Waals surface area contributed by atoms with Crippen molar-refractivity contribution in [2.24, 2.45) is 0 Å². The molecular formula is C35H39ClN4O2. The number of hydrogen-bond acceptors (Lipinski definition) is 5. The summed E-state index contributed by atoms with van der Waals surface area (Å²) in [6.45, 7) is 5.69. The van der Waals surface area contributed by atoms with Gasteiger partial charge in [-0.3, -0.25) is 19.7 Å². The normalized spacial score (nSPS) is 15.3. The summed E-state index contributed by atoms with van der Waals surface area (Å²) in [4.78, 5) is 24.9. The lowest BCUT2D eigenvalue weighted by Gasteiger charge is -2.35. The van der Waals surface area contributed by atoms with Crippen LogP contribution < -0.4 is 5.32 Å². The highest BCUT2D eigenvalue weighted by molar-refractivity contribution is 6.30. The molecule has 0 radical (unpaired) electrons. The van der Waals surface area contributed by atoms with Crippen molar-refractivity contribution in [3.05, 3.63) is 129 Å². The van der Waals surface area contributed by atoms with Crippen molar-refractivity contribution in [1.82, 2.24) is 20.2 Å². The standard InChI is InChI=1S/C35H39ClN4O2/c1-3-31(26-9-5-4-6-10-26)35(42)39-19-25-14-15-28(29(18-25)23-41)21-40(22-32-24(2)17-30(36)20-38-32)33-13-7-11-27-12-8-16-37-34(27)33/h4-6,8-10,12,14-18,20,31,33,41H,3,7,11,13,19,21-23H2,1-2H3,(H,39,42)/t31-,33-/m0/s1. The number of nitrogens with one attached hydrogen (secondary N) is 1. The van der Waals surface area contributed by atoms with Crippen LogP contribution >= 0.6 is 11.6 Å². The first-order valence-corrected chi connectivity index (χ1v) is 15.2. The van der Waals surface area contributed by atoms with Crippen LogP contribution in [0.4, 0.5) is 0 Å². The molecule has 2 N–H and O–H groups in total. The summed E-state index contributed by atoms with van der Waals surface area (Å²) in [6.07, 6.45) is 7.46. The van der Waals surface area contributed by atoms with E-state index >= 15 is 0 Å². The third-order valence-corrected chi connectivity index (χ3v) is 8.53. The van der Waals surface area contributed by atoms with Crippen molar-refractivity contribution >= 4 is 17.5 Å².